The molecule has 0 radical (unpaired) electrons. The maximum atomic E-state index is 10.8. The SMILES string of the molecule is O=[N+]([O-])Oc1nccn1CC1(c2ccccc2Cl)OCC(c2ccc(Cl)cc2)O1. The van der Waals surface area contributed by atoms with Gasteiger partial charge in [-0.3, -0.25) is 0 Å². The van der Waals surface area contributed by atoms with Gasteiger partial charge in [0.15, 0.2) is 0 Å². The molecule has 0 amide bonds. The Bertz CT molecular complexity index is 1030. The fraction of sp³-hybridized carbons (Fsp3) is 0.211. The maximum Gasteiger partial charge on any atom is 0.302 e. The molecule has 150 valence electrons. The van der Waals surface area contributed by atoms with Crippen molar-refractivity contribution in [1.29, 1.82) is 0 Å². The number of imidazole rings is 1. The van der Waals surface area contributed by atoms with Gasteiger partial charge in [-0.1, -0.05) is 53.5 Å². The van der Waals surface area contributed by atoms with Crippen molar-refractivity contribution in [3.63, 3.8) is 0 Å². The van der Waals surface area contributed by atoms with Gasteiger partial charge in [0.1, 0.15) is 6.10 Å². The molecule has 10 heteroatoms. The highest BCUT2D eigenvalue weighted by Gasteiger charge is 2.45. The summed E-state index contributed by atoms with van der Waals surface area (Å²) in [6.45, 7) is 0.303. The van der Waals surface area contributed by atoms with Gasteiger partial charge in [-0.25, -0.2) is 9.82 Å². The molecular weight excluding hydrogens is 421 g/mol. The first-order chi connectivity index (χ1) is 14.0. The molecule has 1 fully saturated rings. The van der Waals surface area contributed by atoms with Crippen molar-refractivity contribution >= 4 is 23.2 Å². The molecule has 2 unspecified atom stereocenters. The van der Waals surface area contributed by atoms with E-state index in [1.807, 2.05) is 18.2 Å². The van der Waals surface area contributed by atoms with Gasteiger partial charge in [0.25, 0.3) is 6.01 Å². The lowest BCUT2D eigenvalue weighted by molar-refractivity contribution is -0.713. The highest BCUT2D eigenvalue weighted by Crippen LogP contribution is 2.44. The first-order valence-corrected chi connectivity index (χ1v) is 9.38. The number of aromatic nitrogens is 2. The Hall–Kier alpha value is -2.65. The Morgan fingerprint density at radius 2 is 2.00 bits per heavy atom. The van der Waals surface area contributed by atoms with E-state index in [4.69, 9.17) is 32.7 Å². The van der Waals surface area contributed by atoms with E-state index in [0.29, 0.717) is 15.6 Å². The van der Waals surface area contributed by atoms with Crippen LogP contribution in [-0.2, 0) is 21.8 Å². The summed E-state index contributed by atoms with van der Waals surface area (Å²) in [5, 5.41) is 10.9. The van der Waals surface area contributed by atoms with Crippen LogP contribution in [0, 0.1) is 10.1 Å². The minimum absolute atomic E-state index is 0.0456. The third-order valence-electron chi connectivity index (χ3n) is 4.54. The van der Waals surface area contributed by atoms with Crippen molar-refractivity contribution in [3.05, 3.63) is 92.2 Å². The van der Waals surface area contributed by atoms with Crippen LogP contribution in [0.5, 0.6) is 6.01 Å². The maximum absolute atomic E-state index is 10.8. The highest BCUT2D eigenvalue weighted by atomic mass is 35.5. The average Bonchev–Trinajstić information content (AvgIpc) is 3.31. The Morgan fingerprint density at radius 1 is 1.24 bits per heavy atom. The summed E-state index contributed by atoms with van der Waals surface area (Å²) in [6.07, 6.45) is 2.55. The zero-order valence-corrected chi connectivity index (χ0v) is 16.4. The molecule has 8 nitrogen and oxygen atoms in total. The van der Waals surface area contributed by atoms with Crippen LogP contribution in [-0.4, -0.2) is 21.2 Å². The average molecular weight is 436 g/mol. The molecule has 2 atom stereocenters. The van der Waals surface area contributed by atoms with E-state index in [-0.39, 0.29) is 25.3 Å². The number of halogens is 2. The Balaban J connectivity index is 1.70. The van der Waals surface area contributed by atoms with Crippen LogP contribution in [0.15, 0.2) is 60.9 Å². The molecule has 2 heterocycles. The Labute approximate surface area is 175 Å². The molecule has 0 spiro atoms. The van der Waals surface area contributed by atoms with Gasteiger partial charge in [-0.2, -0.15) is 0 Å². The lowest BCUT2D eigenvalue weighted by atomic mass is 10.1. The largest absolute Gasteiger partial charge is 0.341 e. The van der Waals surface area contributed by atoms with Gasteiger partial charge < -0.3 is 14.0 Å². The van der Waals surface area contributed by atoms with Crippen LogP contribution in [0.2, 0.25) is 10.0 Å². The van der Waals surface area contributed by atoms with Crippen LogP contribution in [0.1, 0.15) is 17.2 Å². The number of hydrogen-bond acceptors (Lipinski definition) is 6. The lowest BCUT2D eigenvalue weighted by Crippen LogP contribution is -2.33. The molecular formula is C19H15Cl2N3O5. The fourth-order valence-corrected chi connectivity index (χ4v) is 3.64. The number of hydrogen-bond donors (Lipinski definition) is 0. The molecule has 4 rings (SSSR count). The standard InChI is InChI=1S/C19H15Cl2N3O5/c20-14-7-5-13(6-8-14)17-11-27-19(28-17,15-3-1-2-4-16(15)21)12-23-10-9-22-18(23)29-24(25)26/h1-10,17H,11-12H2. The molecule has 0 saturated carbocycles. The molecule has 0 N–H and O–H groups in total. The van der Waals surface area contributed by atoms with Crippen molar-refractivity contribution in [3.8, 4) is 6.01 Å². The summed E-state index contributed by atoms with van der Waals surface area (Å²) in [5.74, 6) is -1.29. The van der Waals surface area contributed by atoms with Gasteiger partial charge in [0.05, 0.1) is 13.2 Å². The van der Waals surface area contributed by atoms with Crippen molar-refractivity contribution in [2.45, 2.75) is 18.4 Å². The van der Waals surface area contributed by atoms with E-state index in [2.05, 4.69) is 9.82 Å². The van der Waals surface area contributed by atoms with Crippen LogP contribution >= 0.6 is 23.2 Å². The lowest BCUT2D eigenvalue weighted by Gasteiger charge is -2.30. The topological polar surface area (TPSA) is 88.7 Å². The molecule has 0 bridgehead atoms. The third kappa shape index (κ3) is 4.06. The summed E-state index contributed by atoms with van der Waals surface area (Å²) < 4.78 is 13.9. The quantitative estimate of drug-likeness (QED) is 0.421. The number of nitrogens with zero attached hydrogens (tertiary/aromatic N) is 3. The first kappa shape index (κ1) is 19.7. The predicted molar refractivity (Wildman–Crippen MR) is 104 cm³/mol. The van der Waals surface area contributed by atoms with Crippen molar-refractivity contribution < 1.29 is 19.4 Å². The van der Waals surface area contributed by atoms with Crippen LogP contribution in [0.3, 0.4) is 0 Å². The molecule has 29 heavy (non-hydrogen) atoms. The van der Waals surface area contributed by atoms with E-state index in [9.17, 15) is 10.1 Å². The molecule has 1 aliphatic heterocycles. The Kier molecular flexibility index (Phi) is 5.42. The van der Waals surface area contributed by atoms with E-state index >= 15 is 0 Å². The minimum atomic E-state index is -1.29. The Morgan fingerprint density at radius 3 is 2.72 bits per heavy atom. The second-order valence-corrected chi connectivity index (χ2v) is 7.20. The zero-order chi connectivity index (χ0) is 20.4. The molecule has 1 aliphatic rings. The zero-order valence-electron chi connectivity index (χ0n) is 14.9. The molecule has 1 aromatic heterocycles. The first-order valence-electron chi connectivity index (χ1n) is 8.62. The monoisotopic (exact) mass is 435 g/mol. The third-order valence-corrected chi connectivity index (χ3v) is 5.12. The van der Waals surface area contributed by atoms with E-state index in [1.165, 1.54) is 10.8 Å². The molecule has 1 saturated heterocycles. The number of rotatable bonds is 6. The van der Waals surface area contributed by atoms with Gasteiger partial charge in [0.2, 0.25) is 5.79 Å². The van der Waals surface area contributed by atoms with Crippen molar-refractivity contribution in [2.24, 2.45) is 0 Å². The van der Waals surface area contributed by atoms with E-state index < -0.39 is 10.9 Å². The number of ether oxygens (including phenoxy) is 2. The summed E-state index contributed by atoms with van der Waals surface area (Å²) in [5.41, 5.74) is 1.48. The summed E-state index contributed by atoms with van der Waals surface area (Å²) in [6, 6.07) is 14.2. The second kappa shape index (κ2) is 8.00. The molecule has 0 aliphatic carbocycles. The summed E-state index contributed by atoms with van der Waals surface area (Å²) >= 11 is 12.4. The second-order valence-electron chi connectivity index (χ2n) is 6.35. The van der Waals surface area contributed by atoms with Crippen LogP contribution in [0.4, 0.5) is 0 Å². The molecule has 2 aromatic carbocycles. The van der Waals surface area contributed by atoms with Gasteiger partial charge in [0, 0.05) is 28.0 Å². The summed E-state index contributed by atoms with van der Waals surface area (Å²) in [7, 11) is 0. The molecule has 3 aromatic rings. The van der Waals surface area contributed by atoms with Crippen molar-refractivity contribution in [2.75, 3.05) is 6.61 Å². The van der Waals surface area contributed by atoms with Crippen molar-refractivity contribution in [1.82, 2.24) is 9.55 Å². The highest BCUT2D eigenvalue weighted by molar-refractivity contribution is 6.31. The normalized spacial score (nSPS) is 21.2. The van der Waals surface area contributed by atoms with Gasteiger partial charge in [-0.15, -0.1) is 10.1 Å². The fourth-order valence-electron chi connectivity index (χ4n) is 3.23. The smallest absolute Gasteiger partial charge is 0.302 e. The number of benzene rings is 2. The van der Waals surface area contributed by atoms with Gasteiger partial charge >= 0.3 is 5.09 Å². The van der Waals surface area contributed by atoms with Crippen LogP contribution in [0.25, 0.3) is 0 Å². The minimum Gasteiger partial charge on any atom is -0.341 e. The van der Waals surface area contributed by atoms with Crippen LogP contribution < -0.4 is 4.84 Å². The van der Waals surface area contributed by atoms with E-state index in [1.54, 1.807) is 36.5 Å². The summed E-state index contributed by atoms with van der Waals surface area (Å²) in [4.78, 5) is 19.2. The predicted octanol–water partition coefficient (Wildman–Crippen LogP) is 4.40. The van der Waals surface area contributed by atoms with Gasteiger partial charge in [-0.05, 0) is 23.8 Å². The van der Waals surface area contributed by atoms with E-state index in [0.717, 1.165) is 5.56 Å².